The molecule has 0 spiro atoms. The van der Waals surface area contributed by atoms with Gasteiger partial charge in [-0.2, -0.15) is 0 Å². The summed E-state index contributed by atoms with van der Waals surface area (Å²) in [6.07, 6.45) is 6.72. The summed E-state index contributed by atoms with van der Waals surface area (Å²) >= 11 is 0. The van der Waals surface area contributed by atoms with Gasteiger partial charge in [0.05, 0.1) is 0 Å². The van der Waals surface area contributed by atoms with Gasteiger partial charge in [0, 0.05) is 5.69 Å². The van der Waals surface area contributed by atoms with E-state index in [4.69, 9.17) is 0 Å². The molecule has 0 saturated heterocycles. The van der Waals surface area contributed by atoms with Crippen LogP contribution in [0.3, 0.4) is 0 Å². The van der Waals surface area contributed by atoms with Crippen molar-refractivity contribution in [3.05, 3.63) is 55.3 Å². The third-order valence-corrected chi connectivity index (χ3v) is 1.44. The highest BCUT2D eigenvalue weighted by Gasteiger charge is 1.81. The lowest BCUT2D eigenvalue weighted by molar-refractivity contribution is 1.39. The molecular formula is C11H13N. The fourth-order valence-electron chi connectivity index (χ4n) is 0.854. The molecule has 1 aromatic rings. The van der Waals surface area contributed by atoms with Crippen molar-refractivity contribution < 1.29 is 0 Å². The molecule has 1 N–H and O–H groups in total. The highest BCUT2D eigenvalue weighted by atomic mass is 14.8. The maximum atomic E-state index is 3.63. The topological polar surface area (TPSA) is 12.0 Å². The Kier molecular flexibility index (Phi) is 3.72. The Bertz CT molecular complexity index is 249. The minimum atomic E-state index is 0.903. The predicted octanol–water partition coefficient (Wildman–Crippen LogP) is 3.19. The van der Waals surface area contributed by atoms with Crippen molar-refractivity contribution in [3.8, 4) is 0 Å². The summed E-state index contributed by atoms with van der Waals surface area (Å²) in [6, 6.07) is 10.1. The Morgan fingerprint density at radius 3 is 2.67 bits per heavy atom. The third-order valence-electron chi connectivity index (χ3n) is 1.44. The summed E-state index contributed by atoms with van der Waals surface area (Å²) in [5.41, 5.74) is 1.11. The summed E-state index contributed by atoms with van der Waals surface area (Å²) in [4.78, 5) is 0. The SMILES string of the molecule is C=CC/C=C/Nc1ccccc1. The van der Waals surface area contributed by atoms with Gasteiger partial charge in [-0.1, -0.05) is 30.4 Å². The highest BCUT2D eigenvalue weighted by Crippen LogP contribution is 2.04. The number of rotatable bonds is 4. The molecule has 1 heteroatoms. The van der Waals surface area contributed by atoms with Crippen LogP contribution in [0.2, 0.25) is 0 Å². The predicted molar refractivity (Wildman–Crippen MR) is 54.0 cm³/mol. The highest BCUT2D eigenvalue weighted by molar-refractivity contribution is 5.44. The molecule has 1 aromatic carbocycles. The Morgan fingerprint density at radius 2 is 2.00 bits per heavy atom. The average molecular weight is 159 g/mol. The molecule has 0 aliphatic carbocycles. The average Bonchev–Trinajstić information content (AvgIpc) is 2.14. The fraction of sp³-hybridized carbons (Fsp3) is 0.0909. The van der Waals surface area contributed by atoms with E-state index in [-0.39, 0.29) is 0 Å². The van der Waals surface area contributed by atoms with Crippen LogP contribution < -0.4 is 5.32 Å². The van der Waals surface area contributed by atoms with Gasteiger partial charge in [-0.15, -0.1) is 6.58 Å². The van der Waals surface area contributed by atoms with Gasteiger partial charge in [0.25, 0.3) is 0 Å². The van der Waals surface area contributed by atoms with Gasteiger partial charge >= 0.3 is 0 Å². The van der Waals surface area contributed by atoms with E-state index in [9.17, 15) is 0 Å². The van der Waals surface area contributed by atoms with Gasteiger partial charge in [0.1, 0.15) is 0 Å². The Labute approximate surface area is 73.4 Å². The first-order chi connectivity index (χ1) is 5.93. The van der Waals surface area contributed by atoms with Crippen LogP contribution in [0.4, 0.5) is 5.69 Å². The quantitative estimate of drug-likeness (QED) is 0.665. The summed E-state index contributed by atoms with van der Waals surface area (Å²) in [6.45, 7) is 3.63. The maximum Gasteiger partial charge on any atom is 0.0379 e. The van der Waals surface area contributed by atoms with Gasteiger partial charge in [0.2, 0.25) is 0 Å². The summed E-state index contributed by atoms with van der Waals surface area (Å²) in [5.74, 6) is 0. The molecule has 0 aliphatic heterocycles. The molecule has 0 atom stereocenters. The Morgan fingerprint density at radius 1 is 1.25 bits per heavy atom. The smallest absolute Gasteiger partial charge is 0.0379 e. The van der Waals surface area contributed by atoms with Crippen molar-refractivity contribution in [2.24, 2.45) is 0 Å². The van der Waals surface area contributed by atoms with Crippen molar-refractivity contribution in [1.29, 1.82) is 0 Å². The van der Waals surface area contributed by atoms with E-state index in [0.717, 1.165) is 12.1 Å². The van der Waals surface area contributed by atoms with Gasteiger partial charge in [0.15, 0.2) is 0 Å². The molecule has 0 aliphatic rings. The van der Waals surface area contributed by atoms with Crippen LogP contribution in [0.1, 0.15) is 6.42 Å². The number of nitrogens with one attached hydrogen (secondary N) is 1. The van der Waals surface area contributed by atoms with Crippen molar-refractivity contribution in [3.63, 3.8) is 0 Å². The van der Waals surface area contributed by atoms with Gasteiger partial charge in [-0.25, -0.2) is 0 Å². The van der Waals surface area contributed by atoms with Gasteiger partial charge in [-0.05, 0) is 24.8 Å². The molecule has 0 bridgehead atoms. The molecule has 0 radical (unpaired) electrons. The third kappa shape index (κ3) is 3.06. The van der Waals surface area contributed by atoms with Crippen molar-refractivity contribution in [1.82, 2.24) is 0 Å². The molecule has 0 saturated carbocycles. The van der Waals surface area contributed by atoms with Crippen LogP contribution in [-0.4, -0.2) is 0 Å². The molecule has 0 fully saturated rings. The Hall–Kier alpha value is -1.50. The first-order valence-corrected chi connectivity index (χ1v) is 4.01. The Balaban J connectivity index is 2.38. The van der Waals surface area contributed by atoms with Crippen LogP contribution in [0.5, 0.6) is 0 Å². The van der Waals surface area contributed by atoms with Crippen LogP contribution >= 0.6 is 0 Å². The van der Waals surface area contributed by atoms with Crippen molar-refractivity contribution in [2.75, 3.05) is 5.32 Å². The lowest BCUT2D eigenvalue weighted by Crippen LogP contribution is -1.84. The first kappa shape index (κ1) is 8.60. The minimum absolute atomic E-state index is 0.903. The van der Waals surface area contributed by atoms with E-state index < -0.39 is 0 Å². The zero-order valence-corrected chi connectivity index (χ0v) is 7.03. The monoisotopic (exact) mass is 159 g/mol. The number of hydrogen-bond acceptors (Lipinski definition) is 1. The first-order valence-electron chi connectivity index (χ1n) is 4.01. The van der Waals surface area contributed by atoms with E-state index in [2.05, 4.69) is 11.9 Å². The number of para-hydroxylation sites is 1. The molecule has 0 aromatic heterocycles. The number of hydrogen-bond donors (Lipinski definition) is 1. The molecule has 62 valence electrons. The van der Waals surface area contributed by atoms with Crippen LogP contribution in [0.15, 0.2) is 55.3 Å². The van der Waals surface area contributed by atoms with Crippen molar-refractivity contribution in [2.45, 2.75) is 6.42 Å². The standard InChI is InChI=1S/C11H13N/c1-2-3-7-10-12-11-8-5-4-6-9-11/h2,4-10,12H,1,3H2/b10-7+. The normalized spacial score (nSPS) is 10.0. The van der Waals surface area contributed by atoms with E-state index in [1.54, 1.807) is 0 Å². The van der Waals surface area contributed by atoms with Crippen LogP contribution in [-0.2, 0) is 0 Å². The van der Waals surface area contributed by atoms with E-state index in [1.807, 2.05) is 48.7 Å². The largest absolute Gasteiger partial charge is 0.362 e. The zero-order valence-electron chi connectivity index (χ0n) is 7.03. The number of benzene rings is 1. The molecular weight excluding hydrogens is 146 g/mol. The second kappa shape index (κ2) is 5.19. The zero-order chi connectivity index (χ0) is 8.65. The molecule has 12 heavy (non-hydrogen) atoms. The minimum Gasteiger partial charge on any atom is -0.362 e. The maximum absolute atomic E-state index is 3.63. The molecule has 0 amide bonds. The number of allylic oxidation sites excluding steroid dienone is 2. The van der Waals surface area contributed by atoms with Crippen LogP contribution in [0, 0.1) is 0 Å². The lowest BCUT2D eigenvalue weighted by Gasteiger charge is -1.97. The second-order valence-corrected chi connectivity index (χ2v) is 2.44. The molecule has 1 nitrogen and oxygen atoms in total. The van der Waals surface area contributed by atoms with Crippen LogP contribution in [0.25, 0.3) is 0 Å². The number of anilines is 1. The van der Waals surface area contributed by atoms with E-state index in [1.165, 1.54) is 0 Å². The van der Waals surface area contributed by atoms with Gasteiger partial charge < -0.3 is 5.32 Å². The summed E-state index contributed by atoms with van der Waals surface area (Å²) in [7, 11) is 0. The fourth-order valence-corrected chi connectivity index (χ4v) is 0.854. The van der Waals surface area contributed by atoms with Gasteiger partial charge in [-0.3, -0.25) is 0 Å². The second-order valence-electron chi connectivity index (χ2n) is 2.44. The molecule has 0 unspecified atom stereocenters. The summed E-state index contributed by atoms with van der Waals surface area (Å²) < 4.78 is 0. The van der Waals surface area contributed by atoms with Crippen molar-refractivity contribution >= 4 is 5.69 Å². The van der Waals surface area contributed by atoms with E-state index in [0.29, 0.717) is 0 Å². The van der Waals surface area contributed by atoms with E-state index >= 15 is 0 Å². The molecule has 1 rings (SSSR count). The molecule has 0 heterocycles. The lowest BCUT2D eigenvalue weighted by atomic mass is 10.3. The summed E-state index contributed by atoms with van der Waals surface area (Å²) in [5, 5.41) is 3.15.